The first kappa shape index (κ1) is 14.8. The second-order valence-electron chi connectivity index (χ2n) is 6.01. The first-order chi connectivity index (χ1) is 9.56. The van der Waals surface area contributed by atoms with Crippen molar-refractivity contribution in [2.24, 2.45) is 5.92 Å². The van der Waals surface area contributed by atoms with Gasteiger partial charge in [0.15, 0.2) is 5.76 Å². The SMILES string of the molecule is CC(C)Cc1ccc(-c2oncc2CNC(C)C)cc1. The van der Waals surface area contributed by atoms with Crippen LogP contribution in [0.5, 0.6) is 0 Å². The maximum Gasteiger partial charge on any atom is 0.171 e. The molecule has 0 aliphatic heterocycles. The summed E-state index contributed by atoms with van der Waals surface area (Å²) in [7, 11) is 0. The van der Waals surface area contributed by atoms with Crippen molar-refractivity contribution in [3.63, 3.8) is 0 Å². The van der Waals surface area contributed by atoms with Crippen molar-refractivity contribution in [1.82, 2.24) is 10.5 Å². The van der Waals surface area contributed by atoms with Gasteiger partial charge in [-0.05, 0) is 17.9 Å². The van der Waals surface area contributed by atoms with Crippen LogP contribution in [0.2, 0.25) is 0 Å². The lowest BCUT2D eigenvalue weighted by molar-refractivity contribution is 0.431. The molecule has 108 valence electrons. The van der Waals surface area contributed by atoms with Crippen LogP contribution in [-0.2, 0) is 13.0 Å². The van der Waals surface area contributed by atoms with Crippen LogP contribution >= 0.6 is 0 Å². The van der Waals surface area contributed by atoms with Gasteiger partial charge in [-0.2, -0.15) is 0 Å². The van der Waals surface area contributed by atoms with E-state index in [-0.39, 0.29) is 0 Å². The maximum absolute atomic E-state index is 5.41. The Morgan fingerprint density at radius 2 is 1.80 bits per heavy atom. The van der Waals surface area contributed by atoms with E-state index < -0.39 is 0 Å². The highest BCUT2D eigenvalue weighted by Crippen LogP contribution is 2.24. The van der Waals surface area contributed by atoms with Crippen LogP contribution in [0.3, 0.4) is 0 Å². The van der Waals surface area contributed by atoms with Gasteiger partial charge in [0.05, 0.1) is 6.20 Å². The zero-order valence-corrected chi connectivity index (χ0v) is 12.8. The zero-order chi connectivity index (χ0) is 14.5. The predicted octanol–water partition coefficient (Wildman–Crippen LogP) is 4.04. The largest absolute Gasteiger partial charge is 0.356 e. The van der Waals surface area contributed by atoms with Crippen molar-refractivity contribution >= 4 is 0 Å². The zero-order valence-electron chi connectivity index (χ0n) is 12.8. The fourth-order valence-corrected chi connectivity index (χ4v) is 2.20. The first-order valence-corrected chi connectivity index (χ1v) is 7.32. The number of nitrogens with one attached hydrogen (secondary N) is 1. The lowest BCUT2D eigenvalue weighted by Gasteiger charge is -2.08. The van der Waals surface area contributed by atoms with E-state index in [9.17, 15) is 0 Å². The van der Waals surface area contributed by atoms with E-state index in [1.165, 1.54) is 5.56 Å². The van der Waals surface area contributed by atoms with Gasteiger partial charge >= 0.3 is 0 Å². The van der Waals surface area contributed by atoms with Crippen molar-refractivity contribution in [3.05, 3.63) is 41.6 Å². The molecule has 0 amide bonds. The summed E-state index contributed by atoms with van der Waals surface area (Å²) in [5.74, 6) is 1.55. The molecule has 0 fully saturated rings. The van der Waals surface area contributed by atoms with Crippen molar-refractivity contribution in [3.8, 4) is 11.3 Å². The Morgan fingerprint density at radius 1 is 1.10 bits per heavy atom. The van der Waals surface area contributed by atoms with Crippen LogP contribution in [0.15, 0.2) is 35.0 Å². The van der Waals surface area contributed by atoms with Crippen LogP contribution < -0.4 is 5.32 Å². The van der Waals surface area contributed by atoms with Gasteiger partial charge in [0, 0.05) is 23.7 Å². The molecular weight excluding hydrogens is 248 g/mol. The summed E-state index contributed by atoms with van der Waals surface area (Å²) in [5.41, 5.74) is 3.57. The second-order valence-corrected chi connectivity index (χ2v) is 6.01. The van der Waals surface area contributed by atoms with E-state index in [1.54, 1.807) is 6.20 Å². The monoisotopic (exact) mass is 272 g/mol. The third-order valence-electron chi connectivity index (χ3n) is 3.21. The van der Waals surface area contributed by atoms with Gasteiger partial charge in [-0.25, -0.2) is 0 Å². The van der Waals surface area contributed by atoms with Crippen LogP contribution in [-0.4, -0.2) is 11.2 Å². The van der Waals surface area contributed by atoms with Gasteiger partial charge in [-0.15, -0.1) is 0 Å². The molecular formula is C17H24N2O. The standard InChI is InChI=1S/C17H24N2O/c1-12(2)9-14-5-7-15(8-6-14)17-16(11-19-20-17)10-18-13(3)4/h5-8,11-13,18H,9-10H2,1-4H3. The number of rotatable bonds is 6. The number of nitrogens with zero attached hydrogens (tertiary/aromatic N) is 1. The lowest BCUT2D eigenvalue weighted by Crippen LogP contribution is -2.21. The molecule has 2 aromatic rings. The van der Waals surface area contributed by atoms with E-state index in [0.717, 1.165) is 29.9 Å². The molecule has 0 saturated carbocycles. The molecule has 3 heteroatoms. The number of benzene rings is 1. The number of hydrogen-bond acceptors (Lipinski definition) is 3. The van der Waals surface area contributed by atoms with Crippen LogP contribution in [0, 0.1) is 5.92 Å². The summed E-state index contributed by atoms with van der Waals surface area (Å²) in [5, 5.41) is 7.33. The molecule has 1 N–H and O–H groups in total. The second kappa shape index (κ2) is 6.71. The van der Waals surface area contributed by atoms with Gasteiger partial charge in [0.1, 0.15) is 0 Å². The minimum atomic E-state index is 0.450. The smallest absolute Gasteiger partial charge is 0.171 e. The molecule has 2 rings (SSSR count). The van der Waals surface area contributed by atoms with Crippen molar-refractivity contribution in [2.75, 3.05) is 0 Å². The molecule has 1 aromatic heterocycles. The molecule has 0 saturated heterocycles. The highest BCUT2D eigenvalue weighted by atomic mass is 16.5. The van der Waals surface area contributed by atoms with Crippen LogP contribution in [0.25, 0.3) is 11.3 Å². The summed E-state index contributed by atoms with van der Waals surface area (Å²) in [6.45, 7) is 9.52. The van der Waals surface area contributed by atoms with Gasteiger partial charge in [-0.3, -0.25) is 0 Å². The molecule has 1 aromatic carbocycles. The molecule has 0 aliphatic rings. The normalized spacial score (nSPS) is 11.5. The highest BCUT2D eigenvalue weighted by molar-refractivity contribution is 5.61. The van der Waals surface area contributed by atoms with E-state index in [4.69, 9.17) is 4.52 Å². The van der Waals surface area contributed by atoms with E-state index >= 15 is 0 Å². The van der Waals surface area contributed by atoms with Gasteiger partial charge in [0.25, 0.3) is 0 Å². The molecule has 1 heterocycles. The Kier molecular flexibility index (Phi) is 4.96. The average Bonchev–Trinajstić information content (AvgIpc) is 2.85. The Labute approximate surface area is 121 Å². The van der Waals surface area contributed by atoms with E-state index in [1.807, 2.05) is 0 Å². The Bertz CT molecular complexity index is 526. The molecule has 0 radical (unpaired) electrons. The molecule has 0 unspecified atom stereocenters. The van der Waals surface area contributed by atoms with Crippen LogP contribution in [0.1, 0.15) is 38.8 Å². The molecule has 0 bridgehead atoms. The average molecular weight is 272 g/mol. The fraction of sp³-hybridized carbons (Fsp3) is 0.471. The minimum Gasteiger partial charge on any atom is -0.356 e. The van der Waals surface area contributed by atoms with E-state index in [0.29, 0.717) is 12.0 Å². The summed E-state index contributed by atoms with van der Waals surface area (Å²) >= 11 is 0. The van der Waals surface area contributed by atoms with Crippen molar-refractivity contribution in [1.29, 1.82) is 0 Å². The summed E-state index contributed by atoms with van der Waals surface area (Å²) in [6, 6.07) is 9.05. The number of aromatic nitrogens is 1. The quantitative estimate of drug-likeness (QED) is 0.862. The Balaban J connectivity index is 2.13. The van der Waals surface area contributed by atoms with Gasteiger partial charge in [0.2, 0.25) is 0 Å². The topological polar surface area (TPSA) is 38.1 Å². The third kappa shape index (κ3) is 3.94. The Morgan fingerprint density at radius 3 is 2.40 bits per heavy atom. The van der Waals surface area contributed by atoms with Crippen molar-refractivity contribution in [2.45, 2.75) is 46.7 Å². The molecule has 0 aliphatic carbocycles. The Hall–Kier alpha value is -1.61. The predicted molar refractivity (Wildman–Crippen MR) is 82.5 cm³/mol. The van der Waals surface area contributed by atoms with Crippen molar-refractivity contribution < 1.29 is 4.52 Å². The third-order valence-corrected chi connectivity index (χ3v) is 3.21. The summed E-state index contributed by atoms with van der Waals surface area (Å²) in [4.78, 5) is 0. The first-order valence-electron chi connectivity index (χ1n) is 7.32. The highest BCUT2D eigenvalue weighted by Gasteiger charge is 2.11. The number of hydrogen-bond donors (Lipinski definition) is 1. The summed E-state index contributed by atoms with van der Waals surface area (Å²) < 4.78 is 5.41. The molecule has 3 nitrogen and oxygen atoms in total. The molecule has 0 spiro atoms. The summed E-state index contributed by atoms with van der Waals surface area (Å²) in [6.07, 6.45) is 2.91. The van der Waals surface area contributed by atoms with Gasteiger partial charge < -0.3 is 9.84 Å². The van der Waals surface area contributed by atoms with Gasteiger partial charge in [-0.1, -0.05) is 57.1 Å². The fourth-order valence-electron chi connectivity index (χ4n) is 2.20. The maximum atomic E-state index is 5.41. The molecule has 0 atom stereocenters. The van der Waals surface area contributed by atoms with E-state index in [2.05, 4.69) is 62.4 Å². The molecule has 20 heavy (non-hydrogen) atoms. The van der Waals surface area contributed by atoms with Crippen LogP contribution in [0.4, 0.5) is 0 Å². The minimum absolute atomic E-state index is 0.450. The lowest BCUT2D eigenvalue weighted by atomic mass is 10.0.